The Bertz CT molecular complexity index is 248. The van der Waals surface area contributed by atoms with E-state index in [2.05, 4.69) is 0 Å². The van der Waals surface area contributed by atoms with Crippen molar-refractivity contribution in [2.45, 2.75) is 39.5 Å². The Balaban J connectivity index is 2.85. The lowest BCUT2D eigenvalue weighted by Gasteiger charge is -2.16. The Hall–Kier alpha value is -0.920. The summed E-state index contributed by atoms with van der Waals surface area (Å²) in [5.41, 5.74) is 2.46. The van der Waals surface area contributed by atoms with Gasteiger partial charge in [0.05, 0.1) is 5.71 Å². The van der Waals surface area contributed by atoms with Gasteiger partial charge in [0.1, 0.15) is 0 Å². The van der Waals surface area contributed by atoms with Crippen molar-refractivity contribution in [1.82, 2.24) is 0 Å². The highest BCUT2D eigenvalue weighted by Crippen LogP contribution is 2.24. The van der Waals surface area contributed by atoms with Crippen LogP contribution in [0.4, 0.5) is 0 Å². The maximum absolute atomic E-state index is 10.9. The van der Waals surface area contributed by atoms with Crippen molar-refractivity contribution in [1.29, 1.82) is 5.41 Å². The molecule has 0 saturated heterocycles. The highest BCUT2D eigenvalue weighted by Gasteiger charge is 2.15. The molecule has 0 atom stereocenters. The fraction of sp³-hybridized carbons (Fsp3) is 0.600. The quantitative estimate of drug-likeness (QED) is 0.627. The summed E-state index contributed by atoms with van der Waals surface area (Å²) in [4.78, 5) is 10.9. The molecule has 0 bridgehead atoms. The molecule has 0 spiro atoms. The van der Waals surface area contributed by atoms with Crippen LogP contribution in [-0.2, 0) is 4.79 Å². The first kappa shape index (κ1) is 9.17. The molecule has 0 heterocycles. The van der Waals surface area contributed by atoms with E-state index in [0.717, 1.165) is 24.8 Å². The van der Waals surface area contributed by atoms with E-state index in [-0.39, 0.29) is 11.5 Å². The molecule has 2 nitrogen and oxygen atoms in total. The van der Waals surface area contributed by atoms with E-state index >= 15 is 0 Å². The standard InChI is InChI=1S/C10H15NO/c1-7-5-3-4-6-9(7)10(11)8(2)12/h11H,3-6H2,1-2H3. The number of ketones is 1. The van der Waals surface area contributed by atoms with Crippen LogP contribution in [0.1, 0.15) is 39.5 Å². The van der Waals surface area contributed by atoms with Crippen molar-refractivity contribution in [3.05, 3.63) is 11.1 Å². The summed E-state index contributed by atoms with van der Waals surface area (Å²) in [5, 5.41) is 7.56. The number of rotatable bonds is 2. The van der Waals surface area contributed by atoms with Gasteiger partial charge in [-0.25, -0.2) is 0 Å². The molecule has 0 unspecified atom stereocenters. The molecule has 1 aliphatic carbocycles. The molecule has 0 aromatic heterocycles. The zero-order chi connectivity index (χ0) is 9.14. The van der Waals surface area contributed by atoms with E-state index in [1.807, 2.05) is 6.92 Å². The monoisotopic (exact) mass is 165 g/mol. The topological polar surface area (TPSA) is 40.9 Å². The molecule has 66 valence electrons. The number of Topliss-reactive ketones (excluding diaryl/α,β-unsaturated/α-hetero) is 1. The third-order valence-electron chi connectivity index (χ3n) is 2.40. The Morgan fingerprint density at radius 2 is 1.92 bits per heavy atom. The fourth-order valence-corrected chi connectivity index (χ4v) is 1.61. The van der Waals surface area contributed by atoms with E-state index in [4.69, 9.17) is 5.41 Å². The van der Waals surface area contributed by atoms with E-state index < -0.39 is 0 Å². The van der Waals surface area contributed by atoms with Crippen molar-refractivity contribution in [2.24, 2.45) is 0 Å². The maximum atomic E-state index is 10.9. The minimum absolute atomic E-state index is 0.105. The van der Waals surface area contributed by atoms with Crippen LogP contribution in [-0.4, -0.2) is 11.5 Å². The largest absolute Gasteiger partial charge is 0.297 e. The average molecular weight is 165 g/mol. The predicted octanol–water partition coefficient (Wildman–Crippen LogP) is 2.49. The van der Waals surface area contributed by atoms with Crippen molar-refractivity contribution in [3.63, 3.8) is 0 Å². The van der Waals surface area contributed by atoms with Crippen molar-refractivity contribution >= 4 is 11.5 Å². The van der Waals surface area contributed by atoms with Crippen LogP contribution in [0.5, 0.6) is 0 Å². The first-order valence-electron chi connectivity index (χ1n) is 4.41. The molecule has 0 saturated carbocycles. The highest BCUT2D eigenvalue weighted by molar-refractivity contribution is 6.44. The predicted molar refractivity (Wildman–Crippen MR) is 49.6 cm³/mol. The van der Waals surface area contributed by atoms with Crippen LogP contribution in [0.3, 0.4) is 0 Å². The molecule has 2 heteroatoms. The second-order valence-corrected chi connectivity index (χ2v) is 3.40. The van der Waals surface area contributed by atoms with E-state index in [9.17, 15) is 4.79 Å². The summed E-state index contributed by atoms with van der Waals surface area (Å²) >= 11 is 0. The van der Waals surface area contributed by atoms with Crippen molar-refractivity contribution in [2.75, 3.05) is 0 Å². The van der Waals surface area contributed by atoms with Crippen LogP contribution in [0.25, 0.3) is 0 Å². The van der Waals surface area contributed by atoms with E-state index in [0.29, 0.717) is 0 Å². The van der Waals surface area contributed by atoms with Gasteiger partial charge in [-0.3, -0.25) is 10.2 Å². The number of carbonyl (C=O) groups is 1. The van der Waals surface area contributed by atoms with Gasteiger partial charge < -0.3 is 0 Å². The smallest absolute Gasteiger partial charge is 0.177 e. The number of allylic oxidation sites excluding steroid dienone is 2. The van der Waals surface area contributed by atoms with Gasteiger partial charge in [-0.1, -0.05) is 5.57 Å². The van der Waals surface area contributed by atoms with Gasteiger partial charge in [-0.15, -0.1) is 0 Å². The van der Waals surface area contributed by atoms with Gasteiger partial charge in [0.15, 0.2) is 5.78 Å². The molecule has 0 amide bonds. The highest BCUT2D eigenvalue weighted by atomic mass is 16.1. The summed E-state index contributed by atoms with van der Waals surface area (Å²) in [6, 6.07) is 0. The third kappa shape index (κ3) is 1.81. The lowest BCUT2D eigenvalue weighted by atomic mass is 9.89. The van der Waals surface area contributed by atoms with E-state index in [1.54, 1.807) is 0 Å². The molecule has 12 heavy (non-hydrogen) atoms. The molecule has 1 N–H and O–H groups in total. The van der Waals surface area contributed by atoms with Gasteiger partial charge in [-0.05, 0) is 38.2 Å². The Morgan fingerprint density at radius 3 is 2.42 bits per heavy atom. The number of carbonyl (C=O) groups excluding carboxylic acids is 1. The number of nitrogens with one attached hydrogen (secondary N) is 1. The van der Waals surface area contributed by atoms with Gasteiger partial charge in [-0.2, -0.15) is 0 Å². The van der Waals surface area contributed by atoms with Crippen LogP contribution in [0.2, 0.25) is 0 Å². The van der Waals surface area contributed by atoms with Crippen molar-refractivity contribution in [3.8, 4) is 0 Å². The summed E-state index contributed by atoms with van der Waals surface area (Å²) in [7, 11) is 0. The zero-order valence-corrected chi connectivity index (χ0v) is 7.74. The molecule has 0 aromatic carbocycles. The molecule has 0 aliphatic heterocycles. The van der Waals surface area contributed by atoms with Gasteiger partial charge in [0, 0.05) is 6.92 Å². The summed E-state index contributed by atoms with van der Waals surface area (Å²) < 4.78 is 0. The SMILES string of the molecule is CC(=O)C(=N)C1=C(C)CCCC1. The number of hydrogen-bond donors (Lipinski definition) is 1. The van der Waals surface area contributed by atoms with Crippen LogP contribution in [0.15, 0.2) is 11.1 Å². The summed E-state index contributed by atoms with van der Waals surface area (Å²) in [5.74, 6) is -0.105. The second-order valence-electron chi connectivity index (χ2n) is 3.40. The van der Waals surface area contributed by atoms with E-state index in [1.165, 1.54) is 18.9 Å². The zero-order valence-electron chi connectivity index (χ0n) is 7.74. The molecule has 0 aromatic rings. The minimum atomic E-state index is -0.105. The lowest BCUT2D eigenvalue weighted by Crippen LogP contribution is -2.15. The fourth-order valence-electron chi connectivity index (χ4n) is 1.61. The van der Waals surface area contributed by atoms with Crippen LogP contribution >= 0.6 is 0 Å². The molecule has 0 fully saturated rings. The van der Waals surface area contributed by atoms with Crippen LogP contribution < -0.4 is 0 Å². The molecular weight excluding hydrogens is 150 g/mol. The molecule has 0 radical (unpaired) electrons. The normalized spacial score (nSPS) is 17.8. The van der Waals surface area contributed by atoms with Gasteiger partial charge >= 0.3 is 0 Å². The summed E-state index contributed by atoms with van der Waals surface area (Å²) in [6.07, 6.45) is 4.32. The third-order valence-corrected chi connectivity index (χ3v) is 2.40. The van der Waals surface area contributed by atoms with Gasteiger partial charge in [0.2, 0.25) is 0 Å². The first-order chi connectivity index (χ1) is 5.63. The minimum Gasteiger partial charge on any atom is -0.297 e. The Kier molecular flexibility index (Phi) is 2.79. The first-order valence-corrected chi connectivity index (χ1v) is 4.41. The molecular formula is C10H15NO. The average Bonchev–Trinajstić information content (AvgIpc) is 2.04. The van der Waals surface area contributed by atoms with Crippen molar-refractivity contribution < 1.29 is 4.79 Å². The summed E-state index contributed by atoms with van der Waals surface area (Å²) in [6.45, 7) is 3.50. The maximum Gasteiger partial charge on any atom is 0.177 e. The second kappa shape index (κ2) is 3.65. The van der Waals surface area contributed by atoms with Crippen LogP contribution in [0, 0.1) is 5.41 Å². The molecule has 1 aliphatic rings. The number of hydrogen-bond acceptors (Lipinski definition) is 2. The molecule has 1 rings (SSSR count). The van der Waals surface area contributed by atoms with Gasteiger partial charge in [0.25, 0.3) is 0 Å². The lowest BCUT2D eigenvalue weighted by molar-refractivity contribution is -0.111. The Labute approximate surface area is 73.2 Å². The Morgan fingerprint density at radius 1 is 1.33 bits per heavy atom.